The fourth-order valence-electron chi connectivity index (χ4n) is 4.91. The van der Waals surface area contributed by atoms with Crippen LogP contribution in [-0.2, 0) is 15.0 Å². The summed E-state index contributed by atoms with van der Waals surface area (Å²) < 4.78 is 38.2. The number of carbonyl (C=O) groups excluding carboxylic acids is 3. The summed E-state index contributed by atoms with van der Waals surface area (Å²) >= 11 is 3.51. The number of aromatic amines is 1. The summed E-state index contributed by atoms with van der Waals surface area (Å²) in [5.74, 6) is -1.54. The second-order valence-electron chi connectivity index (χ2n) is 8.79. The van der Waals surface area contributed by atoms with E-state index in [9.17, 15) is 27.6 Å². The van der Waals surface area contributed by atoms with Crippen molar-refractivity contribution >= 4 is 50.4 Å². The molecule has 0 unspecified atom stereocenters. The summed E-state index contributed by atoms with van der Waals surface area (Å²) in [5.41, 5.74) is 1.70. The topological polar surface area (TPSA) is 111 Å². The van der Waals surface area contributed by atoms with Gasteiger partial charge in [-0.15, -0.1) is 0 Å². The summed E-state index contributed by atoms with van der Waals surface area (Å²) in [7, 11) is 0. The highest BCUT2D eigenvalue weighted by molar-refractivity contribution is 9.10. The van der Waals surface area contributed by atoms with E-state index in [0.717, 1.165) is 0 Å². The standard InChI is InChI=1S/C23H20BrF3N6O3/c24-13-2-1-3-17-19(13)22(21(36)33(17)11-18(34)28-12-23(25,26)27)6-8-32(9-7-22)20(35)15-5-4-14-16(30-15)10-29-31-14/h1-5,10H,6-9,11-12H2,(H,28,34)(H,29,31). The van der Waals surface area contributed by atoms with Gasteiger partial charge in [0.1, 0.15) is 24.3 Å². The van der Waals surface area contributed by atoms with Crippen LogP contribution in [0.4, 0.5) is 18.9 Å². The van der Waals surface area contributed by atoms with Crippen LogP contribution in [0.2, 0.25) is 0 Å². The molecule has 0 saturated carbocycles. The zero-order chi connectivity index (χ0) is 25.7. The zero-order valence-corrected chi connectivity index (χ0v) is 20.3. The molecule has 0 radical (unpaired) electrons. The molecule has 5 rings (SSSR count). The van der Waals surface area contributed by atoms with Crippen molar-refractivity contribution in [3.05, 3.63) is 52.3 Å². The summed E-state index contributed by atoms with van der Waals surface area (Å²) in [6.07, 6.45) is -2.44. The van der Waals surface area contributed by atoms with E-state index in [4.69, 9.17) is 0 Å². The number of hydrogen-bond donors (Lipinski definition) is 2. The number of pyridine rings is 1. The number of benzene rings is 1. The van der Waals surface area contributed by atoms with E-state index in [1.165, 1.54) is 11.1 Å². The van der Waals surface area contributed by atoms with Gasteiger partial charge >= 0.3 is 6.18 Å². The molecule has 2 aromatic heterocycles. The number of halogens is 4. The van der Waals surface area contributed by atoms with Gasteiger partial charge in [0.2, 0.25) is 11.8 Å². The first kappa shape index (κ1) is 24.2. The number of nitrogens with zero attached hydrogens (tertiary/aromatic N) is 4. The minimum atomic E-state index is -4.55. The van der Waals surface area contributed by atoms with E-state index in [1.807, 2.05) is 5.32 Å². The van der Waals surface area contributed by atoms with Gasteiger partial charge in [0.05, 0.1) is 17.1 Å². The third-order valence-electron chi connectivity index (χ3n) is 6.62. The highest BCUT2D eigenvalue weighted by atomic mass is 79.9. The van der Waals surface area contributed by atoms with Crippen molar-refractivity contribution in [1.29, 1.82) is 0 Å². The third kappa shape index (κ3) is 4.21. The average Bonchev–Trinajstić information content (AvgIpc) is 3.40. The molecule has 0 aliphatic carbocycles. The molecule has 1 saturated heterocycles. The van der Waals surface area contributed by atoms with E-state index in [2.05, 4.69) is 31.1 Å². The molecule has 188 valence electrons. The highest BCUT2D eigenvalue weighted by Gasteiger charge is 2.53. The van der Waals surface area contributed by atoms with E-state index >= 15 is 0 Å². The Bertz CT molecular complexity index is 1370. The molecule has 9 nitrogen and oxygen atoms in total. The lowest BCUT2D eigenvalue weighted by Gasteiger charge is -2.38. The lowest BCUT2D eigenvalue weighted by atomic mass is 9.73. The molecule has 3 aromatic rings. The number of nitrogens with one attached hydrogen (secondary N) is 2. The molecular formula is C23H20BrF3N6O3. The Hall–Kier alpha value is -3.48. The van der Waals surface area contributed by atoms with Crippen LogP contribution in [0.5, 0.6) is 0 Å². The number of rotatable bonds is 4. The predicted molar refractivity (Wildman–Crippen MR) is 126 cm³/mol. The number of anilines is 1. The van der Waals surface area contributed by atoms with Gasteiger partial charge in [0, 0.05) is 28.8 Å². The Balaban J connectivity index is 1.36. The molecular weight excluding hydrogens is 545 g/mol. The van der Waals surface area contributed by atoms with Crippen LogP contribution in [0.25, 0.3) is 11.0 Å². The molecule has 13 heteroatoms. The van der Waals surface area contributed by atoms with Gasteiger partial charge in [-0.05, 0) is 37.1 Å². The monoisotopic (exact) mass is 564 g/mol. The summed E-state index contributed by atoms with van der Waals surface area (Å²) in [6.45, 7) is -1.47. The summed E-state index contributed by atoms with van der Waals surface area (Å²) in [6, 6.07) is 8.49. The first-order valence-electron chi connectivity index (χ1n) is 11.1. The maximum Gasteiger partial charge on any atom is 0.405 e. The van der Waals surface area contributed by atoms with Crippen molar-refractivity contribution < 1.29 is 27.6 Å². The first-order valence-corrected chi connectivity index (χ1v) is 11.9. The molecule has 2 aliphatic heterocycles. The minimum absolute atomic E-state index is 0.266. The van der Waals surface area contributed by atoms with Crippen LogP contribution >= 0.6 is 15.9 Å². The normalized spacial score (nSPS) is 17.1. The lowest BCUT2D eigenvalue weighted by molar-refractivity contribution is -0.138. The number of hydrogen-bond acceptors (Lipinski definition) is 5. The SMILES string of the molecule is O=C(CN1C(=O)C2(CCN(C(=O)c3ccc4[nH]ncc4n3)CC2)c2c(Br)cccc21)NCC(F)(F)F. The van der Waals surface area contributed by atoms with Crippen molar-refractivity contribution in [2.75, 3.05) is 31.1 Å². The van der Waals surface area contributed by atoms with Crippen LogP contribution < -0.4 is 10.2 Å². The molecule has 0 bridgehead atoms. The molecule has 1 fully saturated rings. The van der Waals surface area contributed by atoms with E-state index in [1.54, 1.807) is 35.2 Å². The van der Waals surface area contributed by atoms with Crippen molar-refractivity contribution in [3.8, 4) is 0 Å². The molecule has 36 heavy (non-hydrogen) atoms. The Morgan fingerprint density at radius 2 is 1.92 bits per heavy atom. The second-order valence-corrected chi connectivity index (χ2v) is 9.65. The predicted octanol–water partition coefficient (Wildman–Crippen LogP) is 2.92. The number of alkyl halides is 3. The van der Waals surface area contributed by atoms with Crippen LogP contribution in [0, 0.1) is 0 Å². The lowest BCUT2D eigenvalue weighted by Crippen LogP contribution is -2.51. The van der Waals surface area contributed by atoms with Crippen LogP contribution in [0.1, 0.15) is 28.9 Å². The van der Waals surface area contributed by atoms with Gasteiger partial charge in [-0.1, -0.05) is 22.0 Å². The Morgan fingerprint density at radius 1 is 1.17 bits per heavy atom. The number of H-pyrrole nitrogens is 1. The van der Waals surface area contributed by atoms with Crippen LogP contribution in [-0.4, -0.2) is 70.2 Å². The van der Waals surface area contributed by atoms with Gasteiger partial charge in [-0.2, -0.15) is 18.3 Å². The van der Waals surface area contributed by atoms with E-state index < -0.39 is 30.6 Å². The van der Waals surface area contributed by atoms with Crippen molar-refractivity contribution in [3.63, 3.8) is 0 Å². The maximum absolute atomic E-state index is 13.7. The smallest absolute Gasteiger partial charge is 0.345 e. The van der Waals surface area contributed by atoms with Crippen LogP contribution in [0.15, 0.2) is 41.0 Å². The molecule has 1 aromatic carbocycles. The van der Waals surface area contributed by atoms with Crippen molar-refractivity contribution in [1.82, 2.24) is 25.4 Å². The highest BCUT2D eigenvalue weighted by Crippen LogP contribution is 2.50. The van der Waals surface area contributed by atoms with E-state index in [-0.39, 0.29) is 30.6 Å². The van der Waals surface area contributed by atoms with Gasteiger partial charge in [0.15, 0.2) is 0 Å². The number of amides is 3. The first-order chi connectivity index (χ1) is 17.1. The van der Waals surface area contributed by atoms with Gasteiger partial charge in [-0.25, -0.2) is 4.98 Å². The summed E-state index contributed by atoms with van der Waals surface area (Å²) in [4.78, 5) is 46.2. The quantitative estimate of drug-likeness (QED) is 0.506. The molecule has 3 amide bonds. The number of piperidine rings is 1. The third-order valence-corrected chi connectivity index (χ3v) is 7.28. The molecule has 1 spiro atoms. The number of carbonyl (C=O) groups is 3. The van der Waals surface area contributed by atoms with Gasteiger partial charge in [0.25, 0.3) is 5.91 Å². The van der Waals surface area contributed by atoms with Crippen molar-refractivity contribution in [2.45, 2.75) is 24.4 Å². The number of aromatic nitrogens is 3. The molecule has 4 heterocycles. The minimum Gasteiger partial charge on any atom is -0.345 e. The second kappa shape index (κ2) is 8.87. The zero-order valence-electron chi connectivity index (χ0n) is 18.7. The van der Waals surface area contributed by atoms with Crippen molar-refractivity contribution in [2.24, 2.45) is 0 Å². The fraction of sp³-hybridized carbons (Fsp3) is 0.348. The van der Waals surface area contributed by atoms with Crippen LogP contribution in [0.3, 0.4) is 0 Å². The van der Waals surface area contributed by atoms with Gasteiger partial charge < -0.3 is 15.1 Å². The molecule has 2 aliphatic rings. The van der Waals surface area contributed by atoms with E-state index in [0.29, 0.717) is 39.6 Å². The Kier molecular flexibility index (Phi) is 5.97. The number of likely N-dealkylation sites (tertiary alicyclic amines) is 1. The Labute approximate surface area is 211 Å². The number of fused-ring (bicyclic) bond motifs is 3. The average molecular weight is 565 g/mol. The molecule has 2 N–H and O–H groups in total. The fourth-order valence-corrected chi connectivity index (χ4v) is 5.64. The van der Waals surface area contributed by atoms with Gasteiger partial charge in [-0.3, -0.25) is 19.5 Å². The largest absolute Gasteiger partial charge is 0.405 e. The summed E-state index contributed by atoms with van der Waals surface area (Å²) in [5, 5.41) is 8.51. The maximum atomic E-state index is 13.7. The Morgan fingerprint density at radius 3 is 2.64 bits per heavy atom. The molecule has 0 atom stereocenters.